The standard InChI is InChI=1S/C18H22N2O/c1-19-13-17-8-4-5-11-20(17)18(21)16-10-9-14-6-2-3-7-15(14)12-16/h2-3,6-7,9-10,12,17,19H,4-5,8,11,13H2,1H3. The normalized spacial score (nSPS) is 18.9. The molecule has 0 spiro atoms. The number of likely N-dealkylation sites (tertiary alicyclic amines) is 1. The molecule has 1 amide bonds. The summed E-state index contributed by atoms with van der Waals surface area (Å²) in [5.74, 6) is 0.167. The lowest BCUT2D eigenvalue weighted by molar-refractivity contribution is 0.0615. The first-order valence-corrected chi connectivity index (χ1v) is 7.74. The second-order valence-electron chi connectivity index (χ2n) is 5.77. The second-order valence-corrected chi connectivity index (χ2v) is 5.77. The molecule has 3 rings (SSSR count). The fourth-order valence-electron chi connectivity index (χ4n) is 3.20. The van der Waals surface area contributed by atoms with Gasteiger partial charge in [0.25, 0.3) is 5.91 Å². The summed E-state index contributed by atoms with van der Waals surface area (Å²) in [5.41, 5.74) is 0.803. The number of fused-ring (bicyclic) bond motifs is 1. The molecule has 1 aliphatic heterocycles. The smallest absolute Gasteiger partial charge is 0.254 e. The minimum Gasteiger partial charge on any atom is -0.334 e. The van der Waals surface area contributed by atoms with Crippen LogP contribution in [0, 0.1) is 0 Å². The highest BCUT2D eigenvalue weighted by Gasteiger charge is 2.26. The van der Waals surface area contributed by atoms with E-state index in [9.17, 15) is 4.79 Å². The van der Waals surface area contributed by atoms with Gasteiger partial charge in [-0.1, -0.05) is 30.3 Å². The van der Waals surface area contributed by atoms with E-state index < -0.39 is 0 Å². The maximum Gasteiger partial charge on any atom is 0.254 e. The van der Waals surface area contributed by atoms with E-state index in [0.717, 1.165) is 36.9 Å². The van der Waals surface area contributed by atoms with E-state index in [2.05, 4.69) is 17.4 Å². The highest BCUT2D eigenvalue weighted by atomic mass is 16.2. The van der Waals surface area contributed by atoms with Crippen LogP contribution < -0.4 is 5.32 Å². The van der Waals surface area contributed by atoms with Gasteiger partial charge in [-0.2, -0.15) is 0 Å². The number of nitrogens with zero attached hydrogens (tertiary/aromatic N) is 1. The highest BCUT2D eigenvalue weighted by Crippen LogP contribution is 2.22. The van der Waals surface area contributed by atoms with E-state index in [-0.39, 0.29) is 5.91 Å². The third-order valence-corrected chi connectivity index (χ3v) is 4.32. The summed E-state index contributed by atoms with van der Waals surface area (Å²) in [4.78, 5) is 14.9. The molecule has 1 saturated heterocycles. The van der Waals surface area contributed by atoms with Crippen LogP contribution >= 0.6 is 0 Å². The van der Waals surface area contributed by atoms with Crippen molar-refractivity contribution in [2.45, 2.75) is 25.3 Å². The number of rotatable bonds is 3. The summed E-state index contributed by atoms with van der Waals surface area (Å²) in [6.45, 7) is 1.75. The van der Waals surface area contributed by atoms with Crippen molar-refractivity contribution in [2.24, 2.45) is 0 Å². The lowest BCUT2D eigenvalue weighted by atomic mass is 9.99. The minimum absolute atomic E-state index is 0.167. The number of carbonyl (C=O) groups is 1. The molecule has 0 radical (unpaired) electrons. The van der Waals surface area contributed by atoms with Crippen molar-refractivity contribution in [3.8, 4) is 0 Å². The number of hydrogen-bond acceptors (Lipinski definition) is 2. The molecule has 0 aliphatic carbocycles. The predicted molar refractivity (Wildman–Crippen MR) is 86.6 cm³/mol. The molecule has 0 bridgehead atoms. The van der Waals surface area contributed by atoms with Crippen molar-refractivity contribution in [3.05, 3.63) is 48.0 Å². The predicted octanol–water partition coefficient (Wildman–Crippen LogP) is 3.05. The van der Waals surface area contributed by atoms with Crippen LogP contribution in [0.5, 0.6) is 0 Å². The maximum absolute atomic E-state index is 12.8. The van der Waals surface area contributed by atoms with Gasteiger partial charge in [0.15, 0.2) is 0 Å². The number of benzene rings is 2. The number of nitrogens with one attached hydrogen (secondary N) is 1. The van der Waals surface area contributed by atoms with Crippen LogP contribution in [0.3, 0.4) is 0 Å². The van der Waals surface area contributed by atoms with E-state index in [1.54, 1.807) is 0 Å². The summed E-state index contributed by atoms with van der Waals surface area (Å²) in [6, 6.07) is 14.5. The molecule has 0 saturated carbocycles. The third-order valence-electron chi connectivity index (χ3n) is 4.32. The first-order chi connectivity index (χ1) is 10.3. The van der Waals surface area contributed by atoms with Crippen LogP contribution in [0.4, 0.5) is 0 Å². The SMILES string of the molecule is CNCC1CCCCN1C(=O)c1ccc2ccccc2c1. The molecule has 1 heterocycles. The molecule has 2 aromatic rings. The number of carbonyl (C=O) groups excluding carboxylic acids is 1. The second kappa shape index (κ2) is 6.27. The van der Waals surface area contributed by atoms with Crippen LogP contribution in [0.2, 0.25) is 0 Å². The zero-order valence-electron chi connectivity index (χ0n) is 12.5. The fourth-order valence-corrected chi connectivity index (χ4v) is 3.20. The Morgan fingerprint density at radius 3 is 2.81 bits per heavy atom. The van der Waals surface area contributed by atoms with Crippen molar-refractivity contribution >= 4 is 16.7 Å². The van der Waals surface area contributed by atoms with Gasteiger partial charge in [0.2, 0.25) is 0 Å². The van der Waals surface area contributed by atoms with Gasteiger partial charge < -0.3 is 10.2 Å². The summed E-state index contributed by atoms with van der Waals surface area (Å²) in [6.07, 6.45) is 3.42. The van der Waals surface area contributed by atoms with Gasteiger partial charge in [-0.15, -0.1) is 0 Å². The number of piperidine rings is 1. The number of amides is 1. The van der Waals surface area contributed by atoms with E-state index in [1.807, 2.05) is 42.3 Å². The Morgan fingerprint density at radius 2 is 2.00 bits per heavy atom. The molecule has 1 unspecified atom stereocenters. The topological polar surface area (TPSA) is 32.3 Å². The van der Waals surface area contributed by atoms with Gasteiger partial charge in [-0.05, 0) is 49.2 Å². The Labute approximate surface area is 125 Å². The Balaban J connectivity index is 1.87. The first-order valence-electron chi connectivity index (χ1n) is 7.74. The Kier molecular flexibility index (Phi) is 4.20. The van der Waals surface area contributed by atoms with E-state index in [1.165, 1.54) is 11.8 Å². The van der Waals surface area contributed by atoms with Crippen molar-refractivity contribution < 1.29 is 4.79 Å². The van der Waals surface area contributed by atoms with Gasteiger partial charge in [0.1, 0.15) is 0 Å². The first kappa shape index (κ1) is 14.1. The van der Waals surface area contributed by atoms with E-state index in [0.29, 0.717) is 6.04 Å². The van der Waals surface area contributed by atoms with E-state index >= 15 is 0 Å². The zero-order chi connectivity index (χ0) is 14.7. The average Bonchev–Trinajstić information content (AvgIpc) is 2.54. The molecule has 110 valence electrons. The molecule has 0 aromatic heterocycles. The largest absolute Gasteiger partial charge is 0.334 e. The number of likely N-dealkylation sites (N-methyl/N-ethyl adjacent to an activating group) is 1. The summed E-state index contributed by atoms with van der Waals surface area (Å²) >= 11 is 0. The average molecular weight is 282 g/mol. The van der Waals surface area contributed by atoms with Crippen LogP contribution in [-0.4, -0.2) is 37.0 Å². The molecular formula is C18H22N2O. The van der Waals surface area contributed by atoms with Gasteiger partial charge >= 0.3 is 0 Å². The Morgan fingerprint density at radius 1 is 1.19 bits per heavy atom. The Hall–Kier alpha value is -1.87. The van der Waals surface area contributed by atoms with Gasteiger partial charge in [0, 0.05) is 24.7 Å². The van der Waals surface area contributed by atoms with Crippen molar-refractivity contribution in [1.29, 1.82) is 0 Å². The quantitative estimate of drug-likeness (QED) is 0.938. The Bertz CT molecular complexity index is 636. The van der Waals surface area contributed by atoms with Gasteiger partial charge in [-0.25, -0.2) is 0 Å². The van der Waals surface area contributed by atoms with Crippen LogP contribution in [0.25, 0.3) is 10.8 Å². The van der Waals surface area contributed by atoms with Crippen LogP contribution in [-0.2, 0) is 0 Å². The van der Waals surface area contributed by atoms with Gasteiger partial charge in [0.05, 0.1) is 0 Å². The molecule has 3 heteroatoms. The zero-order valence-corrected chi connectivity index (χ0v) is 12.5. The van der Waals surface area contributed by atoms with Crippen LogP contribution in [0.15, 0.2) is 42.5 Å². The summed E-state index contributed by atoms with van der Waals surface area (Å²) in [5, 5.41) is 5.52. The van der Waals surface area contributed by atoms with Crippen LogP contribution in [0.1, 0.15) is 29.6 Å². The summed E-state index contributed by atoms with van der Waals surface area (Å²) in [7, 11) is 1.95. The van der Waals surface area contributed by atoms with Crippen molar-refractivity contribution in [1.82, 2.24) is 10.2 Å². The monoisotopic (exact) mass is 282 g/mol. The number of hydrogen-bond donors (Lipinski definition) is 1. The third kappa shape index (κ3) is 2.93. The molecule has 2 aromatic carbocycles. The molecular weight excluding hydrogens is 260 g/mol. The van der Waals surface area contributed by atoms with Crippen molar-refractivity contribution in [2.75, 3.05) is 20.1 Å². The highest BCUT2D eigenvalue weighted by molar-refractivity contribution is 5.98. The maximum atomic E-state index is 12.8. The molecule has 1 aliphatic rings. The van der Waals surface area contributed by atoms with Gasteiger partial charge in [-0.3, -0.25) is 4.79 Å². The lowest BCUT2D eigenvalue weighted by Gasteiger charge is -2.35. The molecule has 21 heavy (non-hydrogen) atoms. The molecule has 1 atom stereocenters. The van der Waals surface area contributed by atoms with E-state index in [4.69, 9.17) is 0 Å². The lowest BCUT2D eigenvalue weighted by Crippen LogP contribution is -2.48. The molecule has 3 nitrogen and oxygen atoms in total. The molecule has 1 fully saturated rings. The fraction of sp³-hybridized carbons (Fsp3) is 0.389. The van der Waals surface area contributed by atoms with Crippen molar-refractivity contribution in [3.63, 3.8) is 0 Å². The minimum atomic E-state index is 0.167. The molecule has 1 N–H and O–H groups in total. The summed E-state index contributed by atoms with van der Waals surface area (Å²) < 4.78 is 0.